The van der Waals surface area contributed by atoms with Gasteiger partial charge in [-0.25, -0.2) is 5.32 Å². The van der Waals surface area contributed by atoms with Crippen molar-refractivity contribution >= 4 is 0 Å². The molecule has 1 aliphatic heterocycles. The van der Waals surface area contributed by atoms with Gasteiger partial charge in [-0.3, -0.25) is 0 Å². The van der Waals surface area contributed by atoms with Gasteiger partial charge in [0.25, 0.3) is 0 Å². The second kappa shape index (κ2) is 10.3. The van der Waals surface area contributed by atoms with Crippen LogP contribution in [0, 0.1) is 0 Å². The summed E-state index contributed by atoms with van der Waals surface area (Å²) in [6.45, 7) is 6.55. The lowest BCUT2D eigenvalue weighted by Crippen LogP contribution is -2.19. The van der Waals surface area contributed by atoms with Crippen molar-refractivity contribution in [1.29, 1.82) is 0 Å². The fourth-order valence-corrected chi connectivity index (χ4v) is 1.13. The minimum absolute atomic E-state index is 0.619. The third-order valence-corrected chi connectivity index (χ3v) is 1.90. The van der Waals surface area contributed by atoms with Crippen LogP contribution in [0.15, 0.2) is 0 Å². The molecule has 0 saturated carbocycles. The van der Waals surface area contributed by atoms with Crippen molar-refractivity contribution in [1.82, 2.24) is 5.32 Å². The van der Waals surface area contributed by atoms with E-state index in [1.54, 1.807) is 0 Å². The van der Waals surface area contributed by atoms with Crippen LogP contribution in [0.5, 0.6) is 0 Å². The Labute approximate surface area is 91.0 Å². The first-order valence-electron chi connectivity index (χ1n) is 5.44. The van der Waals surface area contributed by atoms with Crippen molar-refractivity contribution in [2.45, 2.75) is 0 Å². The first-order chi connectivity index (χ1) is 7.50. The highest BCUT2D eigenvalue weighted by molar-refractivity contribution is 4.45. The van der Waals surface area contributed by atoms with E-state index in [0.29, 0.717) is 52.9 Å². The van der Waals surface area contributed by atoms with Crippen LogP contribution in [0.4, 0.5) is 0 Å². The van der Waals surface area contributed by atoms with Gasteiger partial charge in [0.2, 0.25) is 0 Å². The summed E-state index contributed by atoms with van der Waals surface area (Å²) in [5.74, 6) is 0. The van der Waals surface area contributed by atoms with Gasteiger partial charge < -0.3 is 18.9 Å². The summed E-state index contributed by atoms with van der Waals surface area (Å²) in [6, 6.07) is 0. The molecule has 5 nitrogen and oxygen atoms in total. The van der Waals surface area contributed by atoms with E-state index in [9.17, 15) is 0 Å². The molecule has 1 saturated heterocycles. The van der Waals surface area contributed by atoms with Crippen molar-refractivity contribution in [3.05, 3.63) is 0 Å². The van der Waals surface area contributed by atoms with E-state index in [1.165, 1.54) is 0 Å². The van der Waals surface area contributed by atoms with Crippen LogP contribution >= 0.6 is 0 Å². The molecule has 0 aliphatic carbocycles. The summed E-state index contributed by atoms with van der Waals surface area (Å²) in [6.07, 6.45) is 0. The van der Waals surface area contributed by atoms with Crippen LogP contribution in [-0.2, 0) is 18.9 Å². The Kier molecular flexibility index (Phi) is 8.85. The molecule has 1 fully saturated rings. The molecular formula is C10H20NO4. The molecule has 0 unspecified atom stereocenters. The van der Waals surface area contributed by atoms with Crippen LogP contribution in [0.3, 0.4) is 0 Å². The Morgan fingerprint density at radius 1 is 0.467 bits per heavy atom. The molecule has 0 aromatic rings. The van der Waals surface area contributed by atoms with E-state index in [1.807, 2.05) is 0 Å². The number of hydrogen-bond acceptors (Lipinski definition) is 4. The summed E-state index contributed by atoms with van der Waals surface area (Å²) in [4.78, 5) is 0. The van der Waals surface area contributed by atoms with Gasteiger partial charge in [0.15, 0.2) is 0 Å². The highest BCUT2D eigenvalue weighted by Crippen LogP contribution is 1.84. The molecule has 0 aromatic carbocycles. The van der Waals surface area contributed by atoms with Crippen LogP contribution in [0.25, 0.3) is 0 Å². The predicted molar refractivity (Wildman–Crippen MR) is 55.1 cm³/mol. The molecule has 0 atom stereocenters. The molecule has 15 heavy (non-hydrogen) atoms. The largest absolute Gasteiger partial charge is 0.378 e. The highest BCUT2D eigenvalue weighted by atomic mass is 16.6. The molecule has 0 bridgehead atoms. The zero-order chi connectivity index (χ0) is 10.6. The number of nitrogens with zero attached hydrogens (tertiary/aromatic N) is 1. The van der Waals surface area contributed by atoms with Crippen molar-refractivity contribution in [2.75, 3.05) is 65.9 Å². The number of hydrogen-bond donors (Lipinski definition) is 0. The van der Waals surface area contributed by atoms with Crippen molar-refractivity contribution in [3.8, 4) is 0 Å². The second-order valence-corrected chi connectivity index (χ2v) is 3.12. The van der Waals surface area contributed by atoms with Crippen LogP contribution in [-0.4, -0.2) is 65.9 Å². The van der Waals surface area contributed by atoms with E-state index in [4.69, 9.17) is 18.9 Å². The van der Waals surface area contributed by atoms with Crippen molar-refractivity contribution < 1.29 is 18.9 Å². The van der Waals surface area contributed by atoms with Gasteiger partial charge in [-0.05, 0) is 0 Å². The first-order valence-corrected chi connectivity index (χ1v) is 5.44. The fourth-order valence-electron chi connectivity index (χ4n) is 1.13. The van der Waals surface area contributed by atoms with Crippen molar-refractivity contribution in [2.24, 2.45) is 0 Å². The normalized spacial score (nSPS) is 24.0. The second-order valence-electron chi connectivity index (χ2n) is 3.12. The van der Waals surface area contributed by atoms with Gasteiger partial charge in [-0.15, -0.1) is 0 Å². The van der Waals surface area contributed by atoms with Crippen LogP contribution in [0.1, 0.15) is 0 Å². The molecule has 5 heteroatoms. The molecule has 0 spiro atoms. The topological polar surface area (TPSA) is 51.0 Å². The number of rotatable bonds is 0. The summed E-state index contributed by atoms with van der Waals surface area (Å²) >= 11 is 0. The minimum atomic E-state index is 0.619. The Morgan fingerprint density at radius 2 is 0.800 bits per heavy atom. The molecule has 1 rings (SSSR count). The third kappa shape index (κ3) is 8.77. The molecule has 1 radical (unpaired) electrons. The molecular weight excluding hydrogens is 198 g/mol. The molecule has 1 aliphatic rings. The maximum absolute atomic E-state index is 5.31. The summed E-state index contributed by atoms with van der Waals surface area (Å²) in [7, 11) is 0. The first kappa shape index (κ1) is 12.9. The lowest BCUT2D eigenvalue weighted by molar-refractivity contribution is 0.00206. The van der Waals surface area contributed by atoms with Gasteiger partial charge in [0, 0.05) is 13.1 Å². The zero-order valence-electron chi connectivity index (χ0n) is 9.15. The van der Waals surface area contributed by atoms with Gasteiger partial charge in [0.05, 0.1) is 52.9 Å². The van der Waals surface area contributed by atoms with Gasteiger partial charge in [-0.1, -0.05) is 0 Å². The van der Waals surface area contributed by atoms with E-state index in [-0.39, 0.29) is 0 Å². The van der Waals surface area contributed by atoms with E-state index in [2.05, 4.69) is 5.32 Å². The van der Waals surface area contributed by atoms with E-state index >= 15 is 0 Å². The molecule has 1 heterocycles. The molecule has 89 valence electrons. The lowest BCUT2D eigenvalue weighted by Gasteiger charge is -2.05. The van der Waals surface area contributed by atoms with Gasteiger partial charge in [0.1, 0.15) is 0 Å². The highest BCUT2D eigenvalue weighted by Gasteiger charge is 1.95. The lowest BCUT2D eigenvalue weighted by atomic mass is 10.6. The smallest absolute Gasteiger partial charge is 0.0701 e. The van der Waals surface area contributed by atoms with E-state index < -0.39 is 0 Å². The molecule has 0 N–H and O–H groups in total. The SMILES string of the molecule is C1COCCOCCOCCOCC[N]1. The Hall–Kier alpha value is -0.200. The number of ether oxygens (including phenoxy) is 4. The standard InChI is InChI=1S/C10H20NO4/c1-3-12-5-7-14-9-10-15-8-6-13-4-2-11-1/h1-10H2. The van der Waals surface area contributed by atoms with Gasteiger partial charge >= 0.3 is 0 Å². The maximum atomic E-state index is 5.31. The molecule has 0 aromatic heterocycles. The predicted octanol–water partition coefficient (Wildman–Crippen LogP) is -0.329. The average Bonchev–Trinajstić information content (AvgIpc) is 2.27. The Balaban J connectivity index is 2.01. The van der Waals surface area contributed by atoms with Crippen LogP contribution < -0.4 is 5.32 Å². The summed E-state index contributed by atoms with van der Waals surface area (Å²) in [5.41, 5.74) is 0. The average molecular weight is 218 g/mol. The zero-order valence-corrected chi connectivity index (χ0v) is 9.15. The quantitative estimate of drug-likeness (QED) is 0.558. The van der Waals surface area contributed by atoms with Gasteiger partial charge in [-0.2, -0.15) is 0 Å². The van der Waals surface area contributed by atoms with E-state index in [0.717, 1.165) is 13.1 Å². The summed E-state index contributed by atoms with van der Waals surface area (Å²) in [5, 5.41) is 4.25. The maximum Gasteiger partial charge on any atom is 0.0701 e. The Morgan fingerprint density at radius 3 is 1.20 bits per heavy atom. The minimum Gasteiger partial charge on any atom is -0.378 e. The fraction of sp³-hybridized carbons (Fsp3) is 1.00. The van der Waals surface area contributed by atoms with Crippen LogP contribution in [0.2, 0.25) is 0 Å². The summed E-state index contributed by atoms with van der Waals surface area (Å²) < 4.78 is 21.2. The third-order valence-electron chi connectivity index (χ3n) is 1.90. The van der Waals surface area contributed by atoms with Crippen molar-refractivity contribution in [3.63, 3.8) is 0 Å². The monoisotopic (exact) mass is 218 g/mol. The Bertz CT molecular complexity index is 76.0. The molecule has 0 amide bonds.